The minimum Gasteiger partial charge on any atom is -0.453 e. The van der Waals surface area contributed by atoms with Crippen LogP contribution in [0.4, 0.5) is 5.69 Å². The van der Waals surface area contributed by atoms with Crippen LogP contribution in [0.25, 0.3) is 11.3 Å². The summed E-state index contributed by atoms with van der Waals surface area (Å²) >= 11 is 0. The number of nitrogens with zero attached hydrogens (tertiary/aromatic N) is 1. The Balaban J connectivity index is 2.01. The van der Waals surface area contributed by atoms with Crippen molar-refractivity contribution in [1.29, 1.82) is 0 Å². The number of fused-ring (bicyclic) bond motifs is 1. The Labute approximate surface area is 129 Å². The van der Waals surface area contributed by atoms with E-state index < -0.39 is 0 Å². The number of anilines is 1. The molecule has 0 bridgehead atoms. The first-order valence-corrected chi connectivity index (χ1v) is 7.60. The summed E-state index contributed by atoms with van der Waals surface area (Å²) < 4.78 is 5.48. The zero-order valence-electron chi connectivity index (χ0n) is 12.8. The number of carbonyl (C=O) groups is 2. The van der Waals surface area contributed by atoms with Gasteiger partial charge in [-0.25, -0.2) is 0 Å². The third kappa shape index (κ3) is 2.56. The number of hydrogen-bond acceptors (Lipinski definition) is 3. The van der Waals surface area contributed by atoms with Crippen molar-refractivity contribution >= 4 is 17.9 Å². The Morgan fingerprint density at radius 3 is 2.77 bits per heavy atom. The van der Waals surface area contributed by atoms with Crippen molar-refractivity contribution < 1.29 is 14.0 Å². The smallest absolute Gasteiger partial charge is 0.229 e. The lowest BCUT2D eigenvalue weighted by atomic mass is 9.97. The molecule has 1 aromatic heterocycles. The molecule has 1 aliphatic rings. The highest BCUT2D eigenvalue weighted by molar-refractivity contribution is 5.96. The van der Waals surface area contributed by atoms with Gasteiger partial charge in [0.05, 0.1) is 0 Å². The van der Waals surface area contributed by atoms with Gasteiger partial charge in [-0.1, -0.05) is 26.0 Å². The summed E-state index contributed by atoms with van der Waals surface area (Å²) in [5.74, 6) is 1.07. The van der Waals surface area contributed by atoms with Crippen LogP contribution in [-0.4, -0.2) is 18.7 Å². The van der Waals surface area contributed by atoms with Crippen LogP contribution in [0, 0.1) is 5.92 Å². The van der Waals surface area contributed by atoms with Gasteiger partial charge in [0.1, 0.15) is 5.76 Å². The van der Waals surface area contributed by atoms with Gasteiger partial charge in [0, 0.05) is 23.7 Å². The van der Waals surface area contributed by atoms with E-state index in [1.165, 1.54) is 5.56 Å². The molecule has 0 unspecified atom stereocenters. The van der Waals surface area contributed by atoms with Crippen LogP contribution in [0.1, 0.15) is 36.4 Å². The number of benzene rings is 1. The average molecular weight is 297 g/mol. The van der Waals surface area contributed by atoms with Crippen molar-refractivity contribution in [3.05, 3.63) is 41.7 Å². The molecule has 0 saturated heterocycles. The lowest BCUT2D eigenvalue weighted by Gasteiger charge is -2.31. The second-order valence-corrected chi connectivity index (χ2v) is 5.91. The molecule has 1 aromatic carbocycles. The van der Waals surface area contributed by atoms with Crippen molar-refractivity contribution in [3.63, 3.8) is 0 Å². The number of carbonyl (C=O) groups excluding carboxylic acids is 2. The van der Waals surface area contributed by atoms with Crippen molar-refractivity contribution in [2.45, 2.75) is 26.7 Å². The van der Waals surface area contributed by atoms with Crippen molar-refractivity contribution in [2.75, 3.05) is 11.4 Å². The average Bonchev–Trinajstić information content (AvgIpc) is 3.02. The van der Waals surface area contributed by atoms with Gasteiger partial charge < -0.3 is 9.32 Å². The number of aryl methyl sites for hydroxylation is 1. The third-order valence-corrected chi connectivity index (χ3v) is 3.99. The van der Waals surface area contributed by atoms with Gasteiger partial charge in [-0.3, -0.25) is 9.59 Å². The fourth-order valence-corrected chi connectivity index (χ4v) is 2.84. The highest BCUT2D eigenvalue weighted by Gasteiger charge is 2.25. The summed E-state index contributed by atoms with van der Waals surface area (Å²) in [6.45, 7) is 4.60. The van der Waals surface area contributed by atoms with E-state index in [0.717, 1.165) is 30.6 Å². The van der Waals surface area contributed by atoms with E-state index in [4.69, 9.17) is 4.42 Å². The van der Waals surface area contributed by atoms with Crippen LogP contribution >= 0.6 is 0 Å². The topological polar surface area (TPSA) is 50.5 Å². The second kappa shape index (κ2) is 5.79. The van der Waals surface area contributed by atoms with Crippen LogP contribution in [-0.2, 0) is 11.2 Å². The SMILES string of the molecule is CC(C)C(=O)N1CCCc2ccc(-c3ccc(C=O)o3)cc21. The first-order valence-electron chi connectivity index (χ1n) is 7.60. The first kappa shape index (κ1) is 14.6. The Morgan fingerprint density at radius 2 is 2.09 bits per heavy atom. The Bertz CT molecular complexity index is 715. The molecule has 0 aliphatic carbocycles. The van der Waals surface area contributed by atoms with Gasteiger partial charge in [0.15, 0.2) is 12.0 Å². The van der Waals surface area contributed by atoms with E-state index in [0.29, 0.717) is 17.8 Å². The van der Waals surface area contributed by atoms with E-state index in [-0.39, 0.29) is 11.8 Å². The lowest BCUT2D eigenvalue weighted by molar-refractivity contribution is -0.121. The molecule has 3 rings (SSSR count). The molecule has 0 fully saturated rings. The zero-order valence-corrected chi connectivity index (χ0v) is 12.8. The molecule has 1 aliphatic heterocycles. The van der Waals surface area contributed by atoms with Crippen molar-refractivity contribution in [2.24, 2.45) is 5.92 Å². The molecule has 2 heterocycles. The molecular formula is C18H19NO3. The molecule has 0 radical (unpaired) electrons. The molecule has 114 valence electrons. The van der Waals surface area contributed by atoms with Crippen molar-refractivity contribution in [1.82, 2.24) is 0 Å². The normalized spacial score (nSPS) is 14.0. The molecule has 4 heteroatoms. The second-order valence-electron chi connectivity index (χ2n) is 5.91. The Morgan fingerprint density at radius 1 is 1.27 bits per heavy atom. The van der Waals surface area contributed by atoms with E-state index >= 15 is 0 Å². The molecule has 0 spiro atoms. The quantitative estimate of drug-likeness (QED) is 0.812. The van der Waals surface area contributed by atoms with Crippen LogP contribution in [0.2, 0.25) is 0 Å². The van der Waals surface area contributed by atoms with Gasteiger partial charge in [-0.2, -0.15) is 0 Å². The van der Waals surface area contributed by atoms with E-state index in [1.807, 2.05) is 36.9 Å². The third-order valence-electron chi connectivity index (χ3n) is 3.99. The molecule has 0 saturated carbocycles. The Kier molecular flexibility index (Phi) is 3.84. The zero-order chi connectivity index (χ0) is 15.7. The molecule has 22 heavy (non-hydrogen) atoms. The minimum absolute atomic E-state index is 0.0279. The predicted molar refractivity (Wildman–Crippen MR) is 85.0 cm³/mol. The predicted octanol–water partition coefficient (Wildman–Crippen LogP) is 3.69. The summed E-state index contributed by atoms with van der Waals surface area (Å²) in [4.78, 5) is 25.0. The number of rotatable bonds is 3. The molecule has 1 amide bonds. The van der Waals surface area contributed by atoms with Crippen LogP contribution in [0.3, 0.4) is 0 Å². The summed E-state index contributed by atoms with van der Waals surface area (Å²) in [6, 6.07) is 9.45. The summed E-state index contributed by atoms with van der Waals surface area (Å²) in [5, 5.41) is 0. The number of furan rings is 1. The number of aldehydes is 1. The summed E-state index contributed by atoms with van der Waals surface area (Å²) in [7, 11) is 0. The van der Waals surface area contributed by atoms with Gasteiger partial charge in [0.2, 0.25) is 5.91 Å². The van der Waals surface area contributed by atoms with E-state index in [2.05, 4.69) is 0 Å². The number of amides is 1. The first-order chi connectivity index (χ1) is 10.6. The molecule has 4 nitrogen and oxygen atoms in total. The number of hydrogen-bond donors (Lipinski definition) is 0. The molecule has 2 aromatic rings. The monoisotopic (exact) mass is 297 g/mol. The van der Waals surface area contributed by atoms with Crippen molar-refractivity contribution in [3.8, 4) is 11.3 Å². The largest absolute Gasteiger partial charge is 0.453 e. The molecular weight excluding hydrogens is 278 g/mol. The van der Waals surface area contributed by atoms with Crippen LogP contribution < -0.4 is 4.90 Å². The maximum absolute atomic E-state index is 12.4. The fourth-order valence-electron chi connectivity index (χ4n) is 2.84. The summed E-state index contributed by atoms with van der Waals surface area (Å²) in [5.41, 5.74) is 3.04. The van der Waals surface area contributed by atoms with Gasteiger partial charge >= 0.3 is 0 Å². The maximum Gasteiger partial charge on any atom is 0.229 e. The standard InChI is InChI=1S/C18H19NO3/c1-12(2)18(21)19-9-3-4-13-5-6-14(10-16(13)19)17-8-7-15(11-20)22-17/h5-8,10-12H,3-4,9H2,1-2H3. The fraction of sp³-hybridized carbons (Fsp3) is 0.333. The maximum atomic E-state index is 12.4. The van der Waals surface area contributed by atoms with Gasteiger partial charge in [-0.15, -0.1) is 0 Å². The highest BCUT2D eigenvalue weighted by Crippen LogP contribution is 2.33. The van der Waals surface area contributed by atoms with Crippen LogP contribution in [0.15, 0.2) is 34.7 Å². The Hall–Kier alpha value is -2.36. The van der Waals surface area contributed by atoms with Gasteiger partial charge in [0.25, 0.3) is 0 Å². The van der Waals surface area contributed by atoms with Crippen LogP contribution in [0.5, 0.6) is 0 Å². The van der Waals surface area contributed by atoms with E-state index in [1.54, 1.807) is 12.1 Å². The van der Waals surface area contributed by atoms with E-state index in [9.17, 15) is 9.59 Å². The molecule has 0 atom stereocenters. The highest BCUT2D eigenvalue weighted by atomic mass is 16.3. The lowest BCUT2D eigenvalue weighted by Crippen LogP contribution is -2.38. The minimum atomic E-state index is -0.0279. The summed E-state index contributed by atoms with van der Waals surface area (Å²) in [6.07, 6.45) is 2.66. The van der Waals surface area contributed by atoms with Gasteiger partial charge in [-0.05, 0) is 36.6 Å². The molecule has 0 N–H and O–H groups in total.